The van der Waals surface area contributed by atoms with Crippen molar-refractivity contribution in [3.05, 3.63) is 47.5 Å². The lowest BCUT2D eigenvalue weighted by atomic mass is 9.95. The Bertz CT molecular complexity index is 374. The summed E-state index contributed by atoms with van der Waals surface area (Å²) in [7, 11) is 0. The lowest BCUT2D eigenvalue weighted by molar-refractivity contribution is 0.0994. The van der Waals surface area contributed by atoms with E-state index >= 15 is 0 Å². The Balaban J connectivity index is 0.000000337. The van der Waals surface area contributed by atoms with E-state index in [9.17, 15) is 9.59 Å². The quantitative estimate of drug-likeness (QED) is 0.656. The van der Waals surface area contributed by atoms with Gasteiger partial charge in [0.15, 0.2) is 11.6 Å². The molecule has 1 aromatic carbocycles. The first-order valence-corrected chi connectivity index (χ1v) is 5.25. The van der Waals surface area contributed by atoms with E-state index in [4.69, 9.17) is 23.2 Å². The number of hydrogen-bond donors (Lipinski definition) is 0. The van der Waals surface area contributed by atoms with Crippen LogP contribution in [0.1, 0.15) is 20.7 Å². The molecule has 4 heteroatoms. The van der Waals surface area contributed by atoms with E-state index < -0.39 is 0 Å². The SMILES string of the molecule is ClCCl.O=C1C=CC(=O)c2ccccc21. The third-order valence-corrected chi connectivity index (χ3v) is 1.84. The second kappa shape index (κ2) is 5.69. The van der Waals surface area contributed by atoms with Crippen molar-refractivity contribution < 1.29 is 9.59 Å². The molecule has 1 aliphatic carbocycles. The topological polar surface area (TPSA) is 34.1 Å². The minimum Gasteiger partial charge on any atom is -0.289 e. The fraction of sp³-hybridized carbons (Fsp3) is 0.0909. The number of alkyl halides is 2. The molecule has 0 saturated heterocycles. The molecule has 0 atom stereocenters. The van der Waals surface area contributed by atoms with E-state index in [2.05, 4.69) is 0 Å². The molecule has 0 bridgehead atoms. The lowest BCUT2D eigenvalue weighted by Crippen LogP contribution is -2.10. The molecule has 78 valence electrons. The Morgan fingerprint density at radius 1 is 0.867 bits per heavy atom. The Kier molecular flexibility index (Phi) is 4.53. The van der Waals surface area contributed by atoms with Gasteiger partial charge in [0.1, 0.15) is 0 Å². The highest BCUT2D eigenvalue weighted by Crippen LogP contribution is 2.15. The van der Waals surface area contributed by atoms with Gasteiger partial charge in [-0.05, 0) is 12.2 Å². The van der Waals surface area contributed by atoms with Crippen molar-refractivity contribution in [2.75, 3.05) is 5.34 Å². The van der Waals surface area contributed by atoms with Gasteiger partial charge in [0.05, 0.1) is 5.34 Å². The summed E-state index contributed by atoms with van der Waals surface area (Å²) in [6.07, 6.45) is 2.62. The minimum atomic E-state index is -0.0924. The van der Waals surface area contributed by atoms with Crippen LogP contribution in [-0.2, 0) is 0 Å². The van der Waals surface area contributed by atoms with Crippen LogP contribution >= 0.6 is 23.2 Å². The maximum absolute atomic E-state index is 11.2. The Labute approximate surface area is 97.5 Å². The predicted molar refractivity (Wildman–Crippen MR) is 60.8 cm³/mol. The molecule has 0 unspecified atom stereocenters. The lowest BCUT2D eigenvalue weighted by Gasteiger charge is -2.06. The van der Waals surface area contributed by atoms with E-state index in [-0.39, 0.29) is 16.9 Å². The van der Waals surface area contributed by atoms with Crippen LogP contribution in [0.2, 0.25) is 0 Å². The molecule has 0 aromatic heterocycles. The Morgan fingerprint density at radius 2 is 1.20 bits per heavy atom. The normalized spacial score (nSPS) is 12.9. The second-order valence-electron chi connectivity index (χ2n) is 2.71. The van der Waals surface area contributed by atoms with Crippen LogP contribution in [0.5, 0.6) is 0 Å². The molecule has 2 nitrogen and oxygen atoms in total. The number of fused-ring (bicyclic) bond motifs is 1. The molecule has 2 rings (SSSR count). The first-order valence-electron chi connectivity index (χ1n) is 4.18. The van der Waals surface area contributed by atoms with Crippen molar-refractivity contribution in [2.45, 2.75) is 0 Å². The molecule has 0 saturated carbocycles. The highest BCUT2D eigenvalue weighted by atomic mass is 35.5. The van der Waals surface area contributed by atoms with Gasteiger partial charge in [0.25, 0.3) is 0 Å². The molecule has 0 spiro atoms. The molecule has 0 fully saturated rings. The number of hydrogen-bond acceptors (Lipinski definition) is 2. The van der Waals surface area contributed by atoms with E-state index in [0.717, 1.165) is 0 Å². The van der Waals surface area contributed by atoms with Crippen LogP contribution in [0.3, 0.4) is 0 Å². The van der Waals surface area contributed by atoms with Gasteiger partial charge in [0.2, 0.25) is 0 Å². The summed E-state index contributed by atoms with van der Waals surface area (Å²) in [6.45, 7) is 0. The molecule has 15 heavy (non-hydrogen) atoms. The molecule has 0 radical (unpaired) electrons. The monoisotopic (exact) mass is 242 g/mol. The van der Waals surface area contributed by atoms with Gasteiger partial charge in [-0.2, -0.15) is 0 Å². The maximum Gasteiger partial charge on any atom is 0.186 e. The average molecular weight is 243 g/mol. The maximum atomic E-state index is 11.2. The van der Waals surface area contributed by atoms with Gasteiger partial charge in [-0.1, -0.05) is 24.3 Å². The fourth-order valence-corrected chi connectivity index (χ4v) is 1.24. The summed E-state index contributed by atoms with van der Waals surface area (Å²) in [6, 6.07) is 6.84. The van der Waals surface area contributed by atoms with E-state index in [0.29, 0.717) is 11.1 Å². The molecular formula is C11H8Cl2O2. The van der Waals surface area contributed by atoms with Gasteiger partial charge in [-0.15, -0.1) is 23.2 Å². The second-order valence-corrected chi connectivity index (χ2v) is 3.52. The van der Waals surface area contributed by atoms with Gasteiger partial charge >= 0.3 is 0 Å². The number of allylic oxidation sites excluding steroid dienone is 2. The summed E-state index contributed by atoms with van der Waals surface area (Å²) >= 11 is 9.53. The minimum absolute atomic E-state index is 0.0924. The highest BCUT2D eigenvalue weighted by molar-refractivity contribution is 6.40. The van der Waals surface area contributed by atoms with Crippen LogP contribution in [0.25, 0.3) is 0 Å². The van der Waals surface area contributed by atoms with E-state index in [1.807, 2.05) is 0 Å². The van der Waals surface area contributed by atoms with Gasteiger partial charge in [-0.3, -0.25) is 9.59 Å². The first kappa shape index (κ1) is 12.0. The summed E-state index contributed by atoms with van der Waals surface area (Å²) in [4.78, 5) is 22.4. The predicted octanol–water partition coefficient (Wildman–Crippen LogP) is 3.04. The Morgan fingerprint density at radius 3 is 1.53 bits per heavy atom. The fourth-order valence-electron chi connectivity index (χ4n) is 1.24. The first-order chi connectivity index (χ1) is 7.20. The van der Waals surface area contributed by atoms with Gasteiger partial charge in [0, 0.05) is 11.1 Å². The van der Waals surface area contributed by atoms with Crippen LogP contribution in [0, 0.1) is 0 Å². The summed E-state index contributed by atoms with van der Waals surface area (Å²) in [5, 5.41) is 0.194. The summed E-state index contributed by atoms with van der Waals surface area (Å²) in [5.74, 6) is -0.185. The average Bonchev–Trinajstić information content (AvgIpc) is 2.25. The molecule has 0 N–H and O–H groups in total. The standard InChI is InChI=1S/C10H6O2.CH2Cl2/c11-9-5-6-10(12)8-4-2-1-3-7(8)9;2-1-3/h1-6H;1H2. The van der Waals surface area contributed by atoms with E-state index in [1.54, 1.807) is 24.3 Å². The van der Waals surface area contributed by atoms with Crippen molar-refractivity contribution in [1.29, 1.82) is 0 Å². The third-order valence-electron chi connectivity index (χ3n) is 1.84. The van der Waals surface area contributed by atoms with E-state index in [1.165, 1.54) is 12.2 Å². The van der Waals surface area contributed by atoms with Crippen molar-refractivity contribution in [3.8, 4) is 0 Å². The zero-order valence-electron chi connectivity index (χ0n) is 7.74. The number of ketones is 2. The molecule has 0 amide bonds. The van der Waals surface area contributed by atoms with Crippen LogP contribution < -0.4 is 0 Å². The van der Waals surface area contributed by atoms with Gasteiger partial charge < -0.3 is 0 Å². The molecule has 0 aliphatic heterocycles. The van der Waals surface area contributed by atoms with Crippen molar-refractivity contribution in [1.82, 2.24) is 0 Å². The molecular weight excluding hydrogens is 235 g/mol. The largest absolute Gasteiger partial charge is 0.289 e. The smallest absolute Gasteiger partial charge is 0.186 e. The summed E-state index contributed by atoms with van der Waals surface area (Å²) in [5.41, 5.74) is 1.01. The van der Waals surface area contributed by atoms with Crippen molar-refractivity contribution >= 4 is 34.8 Å². The van der Waals surface area contributed by atoms with Crippen LogP contribution in [-0.4, -0.2) is 16.9 Å². The van der Waals surface area contributed by atoms with Crippen LogP contribution in [0.4, 0.5) is 0 Å². The van der Waals surface area contributed by atoms with Crippen molar-refractivity contribution in [3.63, 3.8) is 0 Å². The zero-order chi connectivity index (χ0) is 11.3. The summed E-state index contributed by atoms with van der Waals surface area (Å²) < 4.78 is 0. The molecule has 0 heterocycles. The molecule has 1 aromatic rings. The molecule has 1 aliphatic rings. The number of benzene rings is 1. The number of rotatable bonds is 0. The number of carbonyl (C=O) groups excluding carboxylic acids is 2. The Hall–Kier alpha value is -1.12. The van der Waals surface area contributed by atoms with Crippen LogP contribution in [0.15, 0.2) is 36.4 Å². The van der Waals surface area contributed by atoms with Gasteiger partial charge in [-0.25, -0.2) is 0 Å². The third kappa shape index (κ3) is 2.91. The number of carbonyl (C=O) groups is 2. The highest BCUT2D eigenvalue weighted by Gasteiger charge is 2.16. The van der Waals surface area contributed by atoms with Crippen molar-refractivity contribution in [2.24, 2.45) is 0 Å². The number of halogens is 2. The zero-order valence-corrected chi connectivity index (χ0v) is 9.26.